The smallest absolute Gasteiger partial charge is 0.125 e. The van der Waals surface area contributed by atoms with Crippen LogP contribution in [-0.2, 0) is 0 Å². The molecule has 0 saturated carbocycles. The molecule has 0 saturated heterocycles. The van der Waals surface area contributed by atoms with Gasteiger partial charge in [0.15, 0.2) is 0 Å². The van der Waals surface area contributed by atoms with Gasteiger partial charge in [0.2, 0.25) is 0 Å². The SMILES string of the molecule is Cc1cc(O)c(N=[N+]=[N-])cc1C. The second kappa shape index (κ2) is 3.15. The molecule has 1 aromatic carbocycles. The standard InChI is InChI=1S/C8H9N3O/c1-5-3-7(10-11-9)8(12)4-6(5)2/h3-4,12H,1-2H3. The Morgan fingerprint density at radius 3 is 2.50 bits per heavy atom. The minimum atomic E-state index is 0.0240. The summed E-state index contributed by atoms with van der Waals surface area (Å²) in [5, 5.41) is 12.6. The molecule has 62 valence electrons. The number of phenols is 1. The van der Waals surface area contributed by atoms with E-state index < -0.39 is 0 Å². The summed E-state index contributed by atoms with van der Waals surface area (Å²) in [6.45, 7) is 3.78. The Kier molecular flexibility index (Phi) is 2.21. The number of hydrogen-bond acceptors (Lipinski definition) is 2. The number of aryl methyl sites for hydroxylation is 2. The summed E-state index contributed by atoms with van der Waals surface area (Å²) in [6.07, 6.45) is 0. The van der Waals surface area contributed by atoms with Crippen LogP contribution in [0.25, 0.3) is 10.4 Å². The zero-order valence-corrected chi connectivity index (χ0v) is 6.94. The minimum Gasteiger partial charge on any atom is -0.507 e. The van der Waals surface area contributed by atoms with Crippen molar-refractivity contribution in [2.24, 2.45) is 5.11 Å². The predicted molar refractivity (Wildman–Crippen MR) is 46.4 cm³/mol. The van der Waals surface area contributed by atoms with E-state index >= 15 is 0 Å². The first-order chi connectivity index (χ1) is 5.65. The lowest BCUT2D eigenvalue weighted by Crippen LogP contribution is -1.79. The van der Waals surface area contributed by atoms with Crippen molar-refractivity contribution in [2.45, 2.75) is 13.8 Å². The number of nitrogens with zero attached hydrogens (tertiary/aromatic N) is 3. The molecule has 1 rings (SSSR count). The van der Waals surface area contributed by atoms with Gasteiger partial charge < -0.3 is 5.11 Å². The molecule has 0 unspecified atom stereocenters. The number of benzene rings is 1. The molecule has 0 bridgehead atoms. The number of rotatable bonds is 1. The van der Waals surface area contributed by atoms with Crippen LogP contribution in [0.2, 0.25) is 0 Å². The quantitative estimate of drug-likeness (QED) is 0.386. The van der Waals surface area contributed by atoms with E-state index in [0.29, 0.717) is 0 Å². The van der Waals surface area contributed by atoms with Crippen LogP contribution in [-0.4, -0.2) is 5.11 Å². The third-order valence-electron chi connectivity index (χ3n) is 1.74. The van der Waals surface area contributed by atoms with E-state index in [1.165, 1.54) is 0 Å². The maximum Gasteiger partial charge on any atom is 0.125 e. The highest BCUT2D eigenvalue weighted by Gasteiger charge is 2.00. The number of hydrogen-bond donors (Lipinski definition) is 1. The van der Waals surface area contributed by atoms with Crippen LogP contribution in [0.5, 0.6) is 5.75 Å². The average molecular weight is 163 g/mol. The van der Waals surface area contributed by atoms with E-state index in [1.807, 2.05) is 13.8 Å². The molecule has 1 aromatic rings. The largest absolute Gasteiger partial charge is 0.507 e. The lowest BCUT2D eigenvalue weighted by molar-refractivity contribution is 0.476. The van der Waals surface area contributed by atoms with Crippen LogP contribution in [0, 0.1) is 13.8 Å². The molecule has 0 aromatic heterocycles. The lowest BCUT2D eigenvalue weighted by atomic mass is 10.1. The van der Waals surface area contributed by atoms with Crippen molar-refractivity contribution in [2.75, 3.05) is 0 Å². The maximum absolute atomic E-state index is 9.28. The van der Waals surface area contributed by atoms with Crippen molar-refractivity contribution in [3.05, 3.63) is 33.7 Å². The number of phenolic OH excluding ortho intramolecular Hbond substituents is 1. The van der Waals surface area contributed by atoms with Crippen molar-refractivity contribution >= 4 is 5.69 Å². The second-order valence-corrected chi connectivity index (χ2v) is 2.61. The first-order valence-corrected chi connectivity index (χ1v) is 3.50. The minimum absolute atomic E-state index is 0.0240. The average Bonchev–Trinajstić information content (AvgIpc) is 2.01. The van der Waals surface area contributed by atoms with E-state index in [9.17, 15) is 5.11 Å². The highest BCUT2D eigenvalue weighted by Crippen LogP contribution is 2.29. The Balaban J connectivity index is 3.32. The fourth-order valence-electron chi connectivity index (χ4n) is 0.914. The molecule has 1 N–H and O–H groups in total. The molecule has 0 radical (unpaired) electrons. The molecular formula is C8H9N3O. The van der Waals surface area contributed by atoms with Crippen molar-refractivity contribution < 1.29 is 5.11 Å². The van der Waals surface area contributed by atoms with Crippen LogP contribution in [0.3, 0.4) is 0 Å². The van der Waals surface area contributed by atoms with Gasteiger partial charge in [-0.05, 0) is 42.6 Å². The van der Waals surface area contributed by atoms with Gasteiger partial charge in [-0.1, -0.05) is 5.11 Å². The van der Waals surface area contributed by atoms with Gasteiger partial charge in [0.05, 0.1) is 5.69 Å². The molecule has 4 nitrogen and oxygen atoms in total. The van der Waals surface area contributed by atoms with Crippen molar-refractivity contribution in [3.63, 3.8) is 0 Å². The Morgan fingerprint density at radius 2 is 1.92 bits per heavy atom. The van der Waals surface area contributed by atoms with Crippen molar-refractivity contribution in [1.29, 1.82) is 0 Å². The highest BCUT2D eigenvalue weighted by atomic mass is 16.3. The zero-order valence-electron chi connectivity index (χ0n) is 6.94. The van der Waals surface area contributed by atoms with Gasteiger partial charge in [-0.15, -0.1) is 0 Å². The first kappa shape index (κ1) is 8.43. The van der Waals surface area contributed by atoms with Crippen LogP contribution in [0.4, 0.5) is 5.69 Å². The van der Waals surface area contributed by atoms with Crippen LogP contribution in [0.1, 0.15) is 11.1 Å². The summed E-state index contributed by atoms with van der Waals surface area (Å²) < 4.78 is 0. The topological polar surface area (TPSA) is 69.0 Å². The van der Waals surface area contributed by atoms with Gasteiger partial charge in [-0.25, -0.2) is 0 Å². The number of aromatic hydroxyl groups is 1. The summed E-state index contributed by atoms with van der Waals surface area (Å²) in [7, 11) is 0. The third-order valence-corrected chi connectivity index (χ3v) is 1.74. The van der Waals surface area contributed by atoms with E-state index in [4.69, 9.17) is 5.53 Å². The molecular weight excluding hydrogens is 154 g/mol. The summed E-state index contributed by atoms with van der Waals surface area (Å²) in [4.78, 5) is 2.60. The van der Waals surface area contributed by atoms with Gasteiger partial charge in [0.1, 0.15) is 5.75 Å². The Bertz CT molecular complexity index is 354. The molecule has 12 heavy (non-hydrogen) atoms. The number of azide groups is 1. The molecule has 0 heterocycles. The molecule has 0 fully saturated rings. The normalized spacial score (nSPS) is 9.17. The van der Waals surface area contributed by atoms with E-state index in [0.717, 1.165) is 11.1 Å². The molecule has 0 amide bonds. The van der Waals surface area contributed by atoms with E-state index in [-0.39, 0.29) is 11.4 Å². The van der Waals surface area contributed by atoms with Gasteiger partial charge in [0.25, 0.3) is 0 Å². The molecule has 0 spiro atoms. The molecule has 0 atom stereocenters. The fraction of sp³-hybridized carbons (Fsp3) is 0.250. The predicted octanol–water partition coefficient (Wildman–Crippen LogP) is 2.95. The lowest BCUT2D eigenvalue weighted by Gasteiger charge is -2.02. The summed E-state index contributed by atoms with van der Waals surface area (Å²) in [6, 6.07) is 3.24. The summed E-state index contributed by atoms with van der Waals surface area (Å²) >= 11 is 0. The molecule has 0 aliphatic rings. The summed E-state index contributed by atoms with van der Waals surface area (Å²) in [5.74, 6) is 0.0240. The third kappa shape index (κ3) is 1.49. The van der Waals surface area contributed by atoms with Crippen LogP contribution in [0.15, 0.2) is 17.2 Å². The maximum atomic E-state index is 9.28. The highest BCUT2D eigenvalue weighted by molar-refractivity contribution is 5.54. The van der Waals surface area contributed by atoms with E-state index in [2.05, 4.69) is 10.0 Å². The van der Waals surface area contributed by atoms with Gasteiger partial charge >= 0.3 is 0 Å². The molecule has 0 aliphatic heterocycles. The van der Waals surface area contributed by atoms with Gasteiger partial charge in [-0.3, -0.25) is 0 Å². The second-order valence-electron chi connectivity index (χ2n) is 2.61. The molecule has 4 heteroatoms. The van der Waals surface area contributed by atoms with Gasteiger partial charge in [0, 0.05) is 4.91 Å². The zero-order chi connectivity index (χ0) is 9.14. The summed E-state index contributed by atoms with van der Waals surface area (Å²) in [5.41, 5.74) is 10.4. The van der Waals surface area contributed by atoms with Crippen LogP contribution < -0.4 is 0 Å². The fourth-order valence-corrected chi connectivity index (χ4v) is 0.914. The Hall–Kier alpha value is -1.67. The van der Waals surface area contributed by atoms with E-state index in [1.54, 1.807) is 12.1 Å². The van der Waals surface area contributed by atoms with Crippen LogP contribution >= 0.6 is 0 Å². The van der Waals surface area contributed by atoms with Gasteiger partial charge in [-0.2, -0.15) is 0 Å². The monoisotopic (exact) mass is 163 g/mol. The Labute approximate surface area is 70.1 Å². The Morgan fingerprint density at radius 1 is 1.33 bits per heavy atom. The van der Waals surface area contributed by atoms with Crippen molar-refractivity contribution in [3.8, 4) is 5.75 Å². The van der Waals surface area contributed by atoms with Crippen molar-refractivity contribution in [1.82, 2.24) is 0 Å². The molecule has 0 aliphatic carbocycles. The first-order valence-electron chi connectivity index (χ1n) is 3.50.